The van der Waals surface area contributed by atoms with Crippen molar-refractivity contribution in [2.75, 3.05) is 0 Å². The fourth-order valence-electron chi connectivity index (χ4n) is 0.905. The highest BCUT2D eigenvalue weighted by atomic mass is 15.1. The summed E-state index contributed by atoms with van der Waals surface area (Å²) in [5.74, 6) is 0. The Kier molecular flexibility index (Phi) is 7.20. The van der Waals surface area contributed by atoms with E-state index in [9.17, 15) is 0 Å². The van der Waals surface area contributed by atoms with Gasteiger partial charge in [-0.15, -0.1) is 6.01 Å². The van der Waals surface area contributed by atoms with Crippen LogP contribution in [0.15, 0.2) is 36.4 Å². The molecule has 0 amide bonds. The number of nitriles is 1. The van der Waals surface area contributed by atoms with Gasteiger partial charge in [-0.25, -0.2) is 9.13 Å². The van der Waals surface area contributed by atoms with Gasteiger partial charge in [0.15, 0.2) is 0 Å². The first-order valence-corrected chi connectivity index (χ1v) is 4.42. The monoisotopic (exact) mass is 203 g/mol. The predicted molar refractivity (Wildman–Crippen MR) is 56.9 cm³/mol. The van der Waals surface area contributed by atoms with Crippen molar-refractivity contribution >= 4 is 6.01 Å². The molecule has 0 fully saturated rings. The highest BCUT2D eigenvalue weighted by Crippen LogP contribution is 1.82. The van der Waals surface area contributed by atoms with Gasteiger partial charge < -0.3 is 10.4 Å². The Labute approximate surface area is 89.1 Å². The Morgan fingerprint density at radius 1 is 1.73 bits per heavy atom. The van der Waals surface area contributed by atoms with Gasteiger partial charge >= 0.3 is 0 Å². The van der Waals surface area contributed by atoms with Gasteiger partial charge in [0, 0.05) is 0 Å². The van der Waals surface area contributed by atoms with Gasteiger partial charge in [-0.05, 0) is 6.92 Å². The summed E-state index contributed by atoms with van der Waals surface area (Å²) in [4.78, 5) is 2.58. The first kappa shape index (κ1) is 12.8. The van der Waals surface area contributed by atoms with E-state index in [4.69, 9.17) is 10.7 Å². The standard InChI is InChI=1S/C8H13N2.C2N3/c1-3-5-10-7-6-9(4-2)8-10;3-1-5-2-4/h3,6-8H,1,4-5H2,2H3;/q+1;-1. The van der Waals surface area contributed by atoms with Gasteiger partial charge in [-0.1, -0.05) is 12.7 Å². The average molecular weight is 203 g/mol. The van der Waals surface area contributed by atoms with Gasteiger partial charge in [0.2, 0.25) is 6.33 Å². The number of aryl methyl sites for hydroxylation is 1. The van der Waals surface area contributed by atoms with Crippen molar-refractivity contribution in [1.29, 1.82) is 5.26 Å². The molecule has 0 aliphatic rings. The van der Waals surface area contributed by atoms with Crippen LogP contribution in [0.1, 0.15) is 6.92 Å². The molecule has 5 nitrogen and oxygen atoms in total. The summed E-state index contributed by atoms with van der Waals surface area (Å²) in [6.07, 6.45) is 9.35. The van der Waals surface area contributed by atoms with E-state index in [2.05, 4.69) is 40.2 Å². The number of rotatable bonds is 3. The second-order valence-corrected chi connectivity index (χ2v) is 2.54. The van der Waals surface area contributed by atoms with E-state index in [1.54, 1.807) is 0 Å². The second-order valence-electron chi connectivity index (χ2n) is 2.54. The number of nitrogens with zero attached hydrogens (tertiary/aromatic N) is 5. The van der Waals surface area contributed by atoms with Gasteiger partial charge in [0.1, 0.15) is 18.9 Å². The molecule has 0 radical (unpaired) electrons. The molecular weight excluding hydrogens is 190 g/mol. The van der Waals surface area contributed by atoms with E-state index in [0.717, 1.165) is 13.1 Å². The SMILES string of the molecule is C=CC[n+]1ccn(CC)c1.N#CN=C=[N-]. The van der Waals surface area contributed by atoms with E-state index in [1.165, 1.54) is 12.2 Å². The van der Waals surface area contributed by atoms with Crippen LogP contribution in [0.2, 0.25) is 0 Å². The number of aromatic nitrogens is 2. The number of imidazole rings is 1. The lowest BCUT2D eigenvalue weighted by Crippen LogP contribution is -2.29. The van der Waals surface area contributed by atoms with E-state index in [-0.39, 0.29) is 0 Å². The zero-order chi connectivity index (χ0) is 11.5. The normalized spacial score (nSPS) is 7.73. The van der Waals surface area contributed by atoms with Crippen molar-refractivity contribution in [2.45, 2.75) is 20.0 Å². The molecule has 0 aliphatic carbocycles. The first-order valence-electron chi connectivity index (χ1n) is 4.42. The molecule has 1 rings (SSSR count). The van der Waals surface area contributed by atoms with Crippen molar-refractivity contribution in [1.82, 2.24) is 4.57 Å². The Morgan fingerprint density at radius 2 is 2.47 bits per heavy atom. The largest absolute Gasteiger partial charge is 0.422 e. The zero-order valence-corrected chi connectivity index (χ0v) is 8.67. The Hall–Kier alpha value is -2.18. The molecule has 1 aromatic rings. The van der Waals surface area contributed by atoms with Gasteiger partial charge in [-0.3, -0.25) is 0 Å². The van der Waals surface area contributed by atoms with E-state index < -0.39 is 0 Å². The zero-order valence-electron chi connectivity index (χ0n) is 8.67. The van der Waals surface area contributed by atoms with Crippen LogP contribution in [0, 0.1) is 11.5 Å². The van der Waals surface area contributed by atoms with Crippen LogP contribution in [0.25, 0.3) is 5.41 Å². The summed E-state index contributed by atoms with van der Waals surface area (Å²) >= 11 is 0. The molecule has 0 saturated carbocycles. The maximum atomic E-state index is 7.43. The molecule has 15 heavy (non-hydrogen) atoms. The Bertz CT molecular complexity index is 379. The molecule has 0 N–H and O–H groups in total. The van der Waals surface area contributed by atoms with Crippen LogP contribution in [0.3, 0.4) is 0 Å². The highest BCUT2D eigenvalue weighted by Gasteiger charge is 1.96. The van der Waals surface area contributed by atoms with Crippen LogP contribution in [-0.2, 0) is 13.1 Å². The molecule has 1 aromatic heterocycles. The second kappa shape index (κ2) is 8.42. The number of allylic oxidation sites excluding steroid dienone is 1. The third-order valence-electron chi connectivity index (χ3n) is 1.55. The molecule has 5 heteroatoms. The van der Waals surface area contributed by atoms with Crippen LogP contribution in [0.5, 0.6) is 0 Å². The molecule has 78 valence electrons. The lowest BCUT2D eigenvalue weighted by Gasteiger charge is -1.85. The quantitative estimate of drug-likeness (QED) is 0.315. The van der Waals surface area contributed by atoms with Crippen LogP contribution in [-0.4, -0.2) is 10.6 Å². The highest BCUT2D eigenvalue weighted by molar-refractivity contribution is 5.46. The van der Waals surface area contributed by atoms with Crippen LogP contribution < -0.4 is 4.57 Å². The predicted octanol–water partition coefficient (Wildman–Crippen LogP) is 1.19. The maximum absolute atomic E-state index is 7.43. The molecule has 0 unspecified atom stereocenters. The summed E-state index contributed by atoms with van der Waals surface area (Å²) in [5.41, 5.74) is 0. The third-order valence-corrected chi connectivity index (χ3v) is 1.55. The molecule has 0 aromatic carbocycles. The maximum Gasteiger partial charge on any atom is 0.244 e. The minimum Gasteiger partial charge on any atom is -0.422 e. The minimum absolute atomic E-state index is 0.896. The average Bonchev–Trinajstić information content (AvgIpc) is 2.68. The fraction of sp³-hybridized carbons (Fsp3) is 0.300. The summed E-state index contributed by atoms with van der Waals surface area (Å²) < 4.78 is 4.22. The molecule has 0 spiro atoms. The number of hydrogen-bond acceptors (Lipinski definition) is 2. The van der Waals surface area contributed by atoms with Crippen LogP contribution in [0.4, 0.5) is 0 Å². The van der Waals surface area contributed by atoms with Gasteiger partial charge in [0.25, 0.3) is 0 Å². The molecular formula is C10H13N5. The third kappa shape index (κ3) is 5.97. The van der Waals surface area contributed by atoms with Crippen molar-refractivity contribution in [3.8, 4) is 6.19 Å². The topological polar surface area (TPSA) is 67.3 Å². The van der Waals surface area contributed by atoms with Crippen molar-refractivity contribution in [2.24, 2.45) is 4.99 Å². The van der Waals surface area contributed by atoms with E-state index >= 15 is 0 Å². The summed E-state index contributed by atoms with van der Waals surface area (Å²) in [5, 5.41) is 14.9. The number of hydrogen-bond donors (Lipinski definition) is 0. The van der Waals surface area contributed by atoms with Crippen molar-refractivity contribution < 1.29 is 4.57 Å². The molecule has 0 atom stereocenters. The first-order chi connectivity index (χ1) is 7.28. The smallest absolute Gasteiger partial charge is 0.244 e. The van der Waals surface area contributed by atoms with Crippen LogP contribution >= 0.6 is 0 Å². The molecule has 0 aliphatic heterocycles. The molecule has 1 heterocycles. The van der Waals surface area contributed by atoms with Crippen molar-refractivity contribution in [3.05, 3.63) is 36.8 Å². The summed E-state index contributed by atoms with van der Waals surface area (Å²) in [7, 11) is 0. The molecule has 0 saturated heterocycles. The lowest BCUT2D eigenvalue weighted by atomic mass is 10.6. The summed E-state index contributed by atoms with van der Waals surface area (Å²) in [6.45, 7) is 7.71. The van der Waals surface area contributed by atoms with Gasteiger partial charge in [-0.2, -0.15) is 5.26 Å². The number of aliphatic imine (C=N–C) groups is 1. The van der Waals surface area contributed by atoms with E-state index in [1.807, 2.05) is 12.3 Å². The fourth-order valence-corrected chi connectivity index (χ4v) is 0.905. The van der Waals surface area contributed by atoms with E-state index in [0.29, 0.717) is 0 Å². The van der Waals surface area contributed by atoms with Gasteiger partial charge in [0.05, 0.1) is 12.7 Å². The Morgan fingerprint density at radius 3 is 2.80 bits per heavy atom. The summed E-state index contributed by atoms with van der Waals surface area (Å²) in [6, 6.07) is 1.28. The van der Waals surface area contributed by atoms with Crippen molar-refractivity contribution in [3.63, 3.8) is 0 Å². The molecule has 0 bridgehead atoms. The Balaban J connectivity index is 0.000000336. The minimum atomic E-state index is 0.896. The lowest BCUT2D eigenvalue weighted by molar-refractivity contribution is -0.686.